The van der Waals surface area contributed by atoms with Gasteiger partial charge in [0, 0.05) is 6.20 Å². The van der Waals surface area contributed by atoms with Gasteiger partial charge in [-0.15, -0.1) is 0 Å². The fourth-order valence-electron chi connectivity index (χ4n) is 2.26. The first kappa shape index (κ1) is 14.8. The average Bonchev–Trinajstić information content (AvgIpc) is 2.76. The topological polar surface area (TPSA) is 78.4 Å². The minimum Gasteiger partial charge on any atom is -0.476 e. The summed E-state index contributed by atoms with van der Waals surface area (Å²) < 4.78 is 2.28. The summed E-state index contributed by atoms with van der Waals surface area (Å²) in [6, 6.07) is 6.01. The molecular formula is C14H14IN3O2. The van der Waals surface area contributed by atoms with E-state index in [1.54, 1.807) is 16.7 Å². The summed E-state index contributed by atoms with van der Waals surface area (Å²) in [6.45, 7) is 3.93. The third-order valence-corrected chi connectivity index (χ3v) is 4.43. The molecule has 0 bridgehead atoms. The Kier molecular flexibility index (Phi) is 3.99. The zero-order valence-corrected chi connectivity index (χ0v) is 13.4. The van der Waals surface area contributed by atoms with E-state index in [0.717, 1.165) is 18.4 Å². The van der Waals surface area contributed by atoms with Gasteiger partial charge in [-0.05, 0) is 53.6 Å². The number of carboxylic acids is 1. The van der Waals surface area contributed by atoms with E-state index in [0.29, 0.717) is 9.35 Å². The van der Waals surface area contributed by atoms with Gasteiger partial charge in [0.2, 0.25) is 0 Å². The molecule has 0 aromatic carbocycles. The van der Waals surface area contributed by atoms with Gasteiger partial charge in [0.1, 0.15) is 9.35 Å². The van der Waals surface area contributed by atoms with Crippen molar-refractivity contribution in [1.29, 1.82) is 5.26 Å². The highest BCUT2D eigenvalue weighted by molar-refractivity contribution is 14.1. The molecule has 0 fully saturated rings. The summed E-state index contributed by atoms with van der Waals surface area (Å²) in [7, 11) is 0. The number of imidazole rings is 1. The van der Waals surface area contributed by atoms with Crippen LogP contribution in [-0.4, -0.2) is 20.5 Å². The van der Waals surface area contributed by atoms with Gasteiger partial charge < -0.3 is 5.11 Å². The molecule has 20 heavy (non-hydrogen) atoms. The lowest BCUT2D eigenvalue weighted by atomic mass is 9.80. The van der Waals surface area contributed by atoms with Crippen LogP contribution in [0, 0.1) is 15.0 Å². The van der Waals surface area contributed by atoms with E-state index in [1.807, 2.05) is 42.5 Å². The molecule has 1 unspecified atom stereocenters. The third kappa shape index (κ3) is 2.38. The first-order valence-corrected chi connectivity index (χ1v) is 7.33. The molecule has 0 saturated heterocycles. The molecule has 0 spiro atoms. The number of carbonyl (C=O) groups is 1. The molecule has 0 aliphatic rings. The number of fused-ring (bicyclic) bond motifs is 1. The largest absolute Gasteiger partial charge is 0.476 e. The summed E-state index contributed by atoms with van der Waals surface area (Å²) in [4.78, 5) is 15.2. The van der Waals surface area contributed by atoms with Crippen molar-refractivity contribution in [2.24, 2.45) is 0 Å². The molecule has 0 aliphatic carbocycles. The Balaban J connectivity index is 2.60. The molecule has 6 heteroatoms. The second-order valence-electron chi connectivity index (χ2n) is 4.89. The molecule has 0 radical (unpaired) electrons. The Hall–Kier alpha value is -1.62. The minimum atomic E-state index is -1.05. The smallest absolute Gasteiger partial charge is 0.357 e. The van der Waals surface area contributed by atoms with Gasteiger partial charge in [-0.1, -0.05) is 13.3 Å². The van der Waals surface area contributed by atoms with Crippen LogP contribution in [0.15, 0.2) is 18.3 Å². The Morgan fingerprint density at radius 1 is 1.65 bits per heavy atom. The Bertz CT molecular complexity index is 717. The van der Waals surface area contributed by atoms with Crippen molar-refractivity contribution in [2.45, 2.75) is 32.1 Å². The van der Waals surface area contributed by atoms with E-state index in [1.165, 1.54) is 0 Å². The highest BCUT2D eigenvalue weighted by atomic mass is 127. The molecule has 1 N–H and O–H groups in total. The predicted octanol–water partition coefficient (Wildman–Crippen LogP) is 3.22. The van der Waals surface area contributed by atoms with Crippen LogP contribution in [0.2, 0.25) is 0 Å². The van der Waals surface area contributed by atoms with Crippen molar-refractivity contribution in [1.82, 2.24) is 9.38 Å². The van der Waals surface area contributed by atoms with Gasteiger partial charge in [0.15, 0.2) is 5.69 Å². The van der Waals surface area contributed by atoms with E-state index in [9.17, 15) is 10.1 Å². The number of rotatable bonds is 4. The summed E-state index contributed by atoms with van der Waals surface area (Å²) in [5.41, 5.74) is 0.892. The maximum absolute atomic E-state index is 11.1. The molecule has 0 saturated carbocycles. The maximum atomic E-state index is 11.1. The fourth-order valence-corrected chi connectivity index (χ4v) is 3.02. The Morgan fingerprint density at radius 3 is 2.90 bits per heavy atom. The van der Waals surface area contributed by atoms with E-state index in [4.69, 9.17) is 5.11 Å². The van der Waals surface area contributed by atoms with Crippen LogP contribution >= 0.6 is 22.6 Å². The van der Waals surface area contributed by atoms with Gasteiger partial charge in [-0.3, -0.25) is 4.40 Å². The van der Waals surface area contributed by atoms with Crippen LogP contribution in [-0.2, 0) is 5.41 Å². The number of nitriles is 1. The first-order chi connectivity index (χ1) is 9.42. The zero-order chi connectivity index (χ0) is 14.9. The second-order valence-corrected chi connectivity index (χ2v) is 5.92. The van der Waals surface area contributed by atoms with Crippen molar-refractivity contribution >= 4 is 34.2 Å². The van der Waals surface area contributed by atoms with Crippen molar-refractivity contribution < 1.29 is 9.90 Å². The number of aromatic carboxylic acids is 1. The summed E-state index contributed by atoms with van der Waals surface area (Å²) in [5, 5.41) is 18.5. The number of halogens is 1. The molecule has 0 aliphatic heterocycles. The lowest BCUT2D eigenvalue weighted by Gasteiger charge is -2.21. The fraction of sp³-hybridized carbons (Fsp3) is 0.357. The standard InChI is InChI=1S/C14H14IN3O2/c1-3-5-14(2,8-16)9-4-6-18-10(7-9)17-11(12(18)15)13(19)20/h4,6-7H,3,5H2,1-2H3,(H,19,20). The summed E-state index contributed by atoms with van der Waals surface area (Å²) in [5.74, 6) is -1.05. The molecule has 5 nitrogen and oxygen atoms in total. The normalized spacial score (nSPS) is 13.9. The molecule has 2 aromatic heterocycles. The van der Waals surface area contributed by atoms with Crippen LogP contribution in [0.1, 0.15) is 42.7 Å². The lowest BCUT2D eigenvalue weighted by Crippen LogP contribution is -2.19. The number of aromatic nitrogens is 2. The molecule has 2 heterocycles. The van der Waals surface area contributed by atoms with Crippen LogP contribution in [0.4, 0.5) is 0 Å². The Morgan fingerprint density at radius 2 is 2.35 bits per heavy atom. The SMILES string of the molecule is CCCC(C)(C#N)c1ccn2c(I)c(C(=O)O)nc2c1. The first-order valence-electron chi connectivity index (χ1n) is 6.25. The molecule has 1 atom stereocenters. The van der Waals surface area contributed by atoms with Gasteiger partial charge in [-0.25, -0.2) is 9.78 Å². The Labute approximate surface area is 130 Å². The minimum absolute atomic E-state index is 0.0388. The van der Waals surface area contributed by atoms with Crippen molar-refractivity contribution in [3.05, 3.63) is 33.3 Å². The predicted molar refractivity (Wildman–Crippen MR) is 82.7 cm³/mol. The third-order valence-electron chi connectivity index (χ3n) is 3.40. The van der Waals surface area contributed by atoms with Crippen LogP contribution in [0.25, 0.3) is 5.65 Å². The van der Waals surface area contributed by atoms with Gasteiger partial charge in [0.25, 0.3) is 0 Å². The van der Waals surface area contributed by atoms with Crippen LogP contribution in [0.3, 0.4) is 0 Å². The number of carboxylic acid groups (broad SMARTS) is 1. The van der Waals surface area contributed by atoms with Gasteiger partial charge in [0.05, 0.1) is 11.5 Å². The van der Waals surface area contributed by atoms with E-state index >= 15 is 0 Å². The zero-order valence-electron chi connectivity index (χ0n) is 11.2. The number of hydrogen-bond donors (Lipinski definition) is 1. The molecule has 104 valence electrons. The molecule has 2 rings (SSSR count). The second kappa shape index (κ2) is 5.40. The number of nitrogens with zero attached hydrogens (tertiary/aromatic N) is 3. The summed E-state index contributed by atoms with van der Waals surface area (Å²) >= 11 is 1.96. The van der Waals surface area contributed by atoms with Crippen molar-refractivity contribution in [3.8, 4) is 6.07 Å². The van der Waals surface area contributed by atoms with E-state index < -0.39 is 11.4 Å². The highest BCUT2D eigenvalue weighted by Crippen LogP contribution is 2.29. The molecule has 2 aromatic rings. The van der Waals surface area contributed by atoms with E-state index in [-0.39, 0.29) is 5.69 Å². The molecule has 0 amide bonds. The maximum Gasteiger partial charge on any atom is 0.357 e. The highest BCUT2D eigenvalue weighted by Gasteiger charge is 2.26. The van der Waals surface area contributed by atoms with Crippen LogP contribution < -0.4 is 0 Å². The summed E-state index contributed by atoms with van der Waals surface area (Å²) in [6.07, 6.45) is 3.43. The quantitative estimate of drug-likeness (QED) is 0.823. The number of pyridine rings is 1. The monoisotopic (exact) mass is 383 g/mol. The number of hydrogen-bond acceptors (Lipinski definition) is 3. The van der Waals surface area contributed by atoms with E-state index in [2.05, 4.69) is 11.1 Å². The average molecular weight is 383 g/mol. The van der Waals surface area contributed by atoms with Crippen LogP contribution in [0.5, 0.6) is 0 Å². The lowest BCUT2D eigenvalue weighted by molar-refractivity contribution is 0.0690. The molecular weight excluding hydrogens is 369 g/mol. The van der Waals surface area contributed by atoms with Crippen molar-refractivity contribution in [2.75, 3.05) is 0 Å². The van der Waals surface area contributed by atoms with Gasteiger partial charge >= 0.3 is 5.97 Å². The van der Waals surface area contributed by atoms with Crippen molar-refractivity contribution in [3.63, 3.8) is 0 Å². The van der Waals surface area contributed by atoms with Gasteiger partial charge in [-0.2, -0.15) is 5.26 Å².